The van der Waals surface area contributed by atoms with Gasteiger partial charge in [0.1, 0.15) is 0 Å². The Hall–Kier alpha value is -8.12. The highest BCUT2D eigenvalue weighted by Gasteiger charge is 2.51. The van der Waals surface area contributed by atoms with Crippen LogP contribution in [0.25, 0.3) is 88.9 Å². The van der Waals surface area contributed by atoms with Crippen LogP contribution >= 0.6 is 0 Å². The summed E-state index contributed by atoms with van der Waals surface area (Å²) in [5, 5.41) is 10.1. The molecule has 0 bridgehead atoms. The number of aromatic nitrogens is 4. The van der Waals surface area contributed by atoms with Gasteiger partial charge >= 0.3 is 0 Å². The fraction of sp³-hybridized carbons (Fsp3) is 0. The molecule has 0 saturated carbocycles. The third kappa shape index (κ3) is 5.14. The molecule has 294 valence electrons. The lowest BCUT2D eigenvalue weighted by atomic mass is 10.1. The minimum Gasteiger partial charge on any atom is -0.309 e. The van der Waals surface area contributed by atoms with Gasteiger partial charge in [-0.2, -0.15) is 0 Å². The van der Waals surface area contributed by atoms with Crippen LogP contribution in [0.4, 0.5) is 0 Å². The van der Waals surface area contributed by atoms with E-state index in [9.17, 15) is 0 Å². The molecule has 0 atom stereocenters. The van der Waals surface area contributed by atoms with Gasteiger partial charge in [0.2, 0.25) is 0 Å². The van der Waals surface area contributed by atoms with Gasteiger partial charge in [-0.3, -0.25) is 0 Å². The molecular weight excluding hydrogens is 781 g/mol. The maximum Gasteiger partial charge on any atom is 0.185 e. The SMILES string of the molecule is c1ccc(-c2nc(-c3ccccc3-n3c4ccccc4c4cc5c(cc43)c3ccccc3n5-c3ccccc3)nc3c2[Si](c2ccccc2)(c2ccccc2)c2ccccc2-3)cc1. The Morgan fingerprint density at radius 3 is 1.48 bits per heavy atom. The van der Waals surface area contributed by atoms with E-state index < -0.39 is 8.07 Å². The quantitative estimate of drug-likeness (QED) is 0.157. The van der Waals surface area contributed by atoms with Crippen LogP contribution in [0.5, 0.6) is 0 Å². The molecule has 3 aromatic heterocycles. The Morgan fingerprint density at radius 2 is 0.825 bits per heavy atom. The van der Waals surface area contributed by atoms with E-state index in [1.807, 2.05) is 0 Å². The molecule has 0 fully saturated rings. The van der Waals surface area contributed by atoms with Gasteiger partial charge in [0, 0.05) is 49.1 Å². The van der Waals surface area contributed by atoms with E-state index in [0.29, 0.717) is 5.82 Å². The van der Waals surface area contributed by atoms with Crippen molar-refractivity contribution in [3.05, 3.63) is 231 Å². The summed E-state index contributed by atoms with van der Waals surface area (Å²) in [6.45, 7) is 0. The van der Waals surface area contributed by atoms with Gasteiger partial charge in [-0.05, 0) is 64.1 Å². The van der Waals surface area contributed by atoms with Crippen LogP contribution in [0.15, 0.2) is 231 Å². The number of nitrogens with zero attached hydrogens (tertiary/aromatic N) is 4. The van der Waals surface area contributed by atoms with Crippen molar-refractivity contribution in [2.24, 2.45) is 0 Å². The van der Waals surface area contributed by atoms with Crippen LogP contribution in [0.3, 0.4) is 0 Å². The Bertz CT molecular complexity index is 3690. The first-order chi connectivity index (χ1) is 31.3. The van der Waals surface area contributed by atoms with E-state index in [1.54, 1.807) is 0 Å². The van der Waals surface area contributed by atoms with E-state index in [2.05, 4.69) is 240 Å². The minimum absolute atomic E-state index is 0.705. The average molecular weight is 819 g/mol. The van der Waals surface area contributed by atoms with E-state index >= 15 is 0 Å². The molecule has 0 unspecified atom stereocenters. The molecule has 0 aliphatic carbocycles. The first-order valence-corrected chi connectivity index (χ1v) is 23.6. The lowest BCUT2D eigenvalue weighted by Crippen LogP contribution is -2.73. The summed E-state index contributed by atoms with van der Waals surface area (Å²) in [6.07, 6.45) is 0. The number of benzene rings is 9. The maximum atomic E-state index is 5.78. The highest BCUT2D eigenvalue weighted by atomic mass is 28.3. The van der Waals surface area contributed by atoms with Crippen LogP contribution in [0, 0.1) is 0 Å². The molecule has 12 aromatic rings. The van der Waals surface area contributed by atoms with Gasteiger partial charge in [0.15, 0.2) is 13.9 Å². The fourth-order valence-electron chi connectivity index (χ4n) is 10.6. The minimum atomic E-state index is -2.92. The lowest BCUT2D eigenvalue weighted by Gasteiger charge is -2.32. The Labute approximate surface area is 365 Å². The molecule has 63 heavy (non-hydrogen) atoms. The lowest BCUT2D eigenvalue weighted by molar-refractivity contribution is 1.14. The summed E-state index contributed by atoms with van der Waals surface area (Å²) in [5.41, 5.74) is 12.1. The molecule has 0 N–H and O–H groups in total. The van der Waals surface area contributed by atoms with Crippen molar-refractivity contribution in [1.82, 2.24) is 19.1 Å². The molecule has 4 nitrogen and oxygen atoms in total. The first kappa shape index (κ1) is 35.6. The molecule has 1 aliphatic heterocycles. The molecular formula is C58H38N4Si. The van der Waals surface area contributed by atoms with Gasteiger partial charge in [-0.25, -0.2) is 9.97 Å². The summed E-state index contributed by atoms with van der Waals surface area (Å²) < 4.78 is 4.84. The summed E-state index contributed by atoms with van der Waals surface area (Å²) in [7, 11) is -2.92. The van der Waals surface area contributed by atoms with Crippen molar-refractivity contribution in [2.75, 3.05) is 0 Å². The van der Waals surface area contributed by atoms with Crippen molar-refractivity contribution in [1.29, 1.82) is 0 Å². The standard InChI is InChI=1S/C58H38N4Si/c1-5-21-39(22-6-1)55-57-56(46-32-16-20-36-54(46)63(57,41-25-9-3-10-26-41)42-27-11-4-12-28-42)60-58(59-55)45-31-15-19-35-51(45)62-50-34-18-14-30-44(50)48-37-52-47(38-53(48)62)43-29-13-17-33-49(43)61(52)40-23-7-2-8-24-40/h1-38H. The summed E-state index contributed by atoms with van der Waals surface area (Å²) in [5.74, 6) is 0.705. The smallest absolute Gasteiger partial charge is 0.185 e. The molecule has 0 amide bonds. The average Bonchev–Trinajstić information content (AvgIpc) is 3.98. The normalized spacial score (nSPS) is 12.9. The van der Waals surface area contributed by atoms with E-state index in [4.69, 9.17) is 9.97 Å². The van der Waals surface area contributed by atoms with E-state index in [1.165, 1.54) is 58.9 Å². The number of hydrogen-bond donors (Lipinski definition) is 0. The largest absolute Gasteiger partial charge is 0.309 e. The third-order valence-corrected chi connectivity index (χ3v) is 18.1. The summed E-state index contributed by atoms with van der Waals surface area (Å²) in [4.78, 5) is 11.5. The van der Waals surface area contributed by atoms with Gasteiger partial charge in [-0.15, -0.1) is 0 Å². The van der Waals surface area contributed by atoms with Crippen LogP contribution < -0.4 is 20.7 Å². The second-order valence-corrected chi connectivity index (χ2v) is 20.2. The van der Waals surface area contributed by atoms with E-state index in [-0.39, 0.29) is 0 Å². The molecule has 4 heterocycles. The predicted octanol–water partition coefficient (Wildman–Crippen LogP) is 11.4. The van der Waals surface area contributed by atoms with Gasteiger partial charge in [-0.1, -0.05) is 182 Å². The first-order valence-electron chi connectivity index (χ1n) is 21.6. The maximum absolute atomic E-state index is 5.78. The molecule has 5 heteroatoms. The Kier molecular flexibility index (Phi) is 7.89. The van der Waals surface area contributed by atoms with Crippen LogP contribution in [-0.4, -0.2) is 27.2 Å². The second-order valence-electron chi connectivity index (χ2n) is 16.5. The number of fused-ring (bicyclic) bond motifs is 9. The molecule has 0 saturated heterocycles. The van der Waals surface area contributed by atoms with Gasteiger partial charge < -0.3 is 9.13 Å². The van der Waals surface area contributed by atoms with Crippen LogP contribution in [0.1, 0.15) is 0 Å². The zero-order valence-corrected chi connectivity index (χ0v) is 35.2. The van der Waals surface area contributed by atoms with Crippen molar-refractivity contribution in [2.45, 2.75) is 0 Å². The molecule has 13 rings (SSSR count). The molecule has 0 spiro atoms. The van der Waals surface area contributed by atoms with Crippen molar-refractivity contribution in [3.8, 4) is 45.3 Å². The monoisotopic (exact) mass is 818 g/mol. The fourth-order valence-corrected chi connectivity index (χ4v) is 15.9. The summed E-state index contributed by atoms with van der Waals surface area (Å²) >= 11 is 0. The topological polar surface area (TPSA) is 35.6 Å². The number of para-hydroxylation sites is 4. The molecule has 0 radical (unpaired) electrons. The number of hydrogen-bond acceptors (Lipinski definition) is 2. The third-order valence-electron chi connectivity index (χ3n) is 13.2. The van der Waals surface area contributed by atoms with Crippen LogP contribution in [0.2, 0.25) is 0 Å². The van der Waals surface area contributed by atoms with Crippen molar-refractivity contribution < 1.29 is 0 Å². The van der Waals surface area contributed by atoms with Crippen molar-refractivity contribution >= 4 is 72.4 Å². The predicted molar refractivity (Wildman–Crippen MR) is 264 cm³/mol. The zero-order chi connectivity index (χ0) is 41.5. The molecule has 1 aliphatic rings. The van der Waals surface area contributed by atoms with E-state index in [0.717, 1.165) is 44.9 Å². The number of rotatable bonds is 6. The Morgan fingerprint density at radius 1 is 0.349 bits per heavy atom. The molecule has 9 aromatic carbocycles. The zero-order valence-electron chi connectivity index (χ0n) is 34.2. The van der Waals surface area contributed by atoms with Gasteiger partial charge in [0.05, 0.1) is 39.1 Å². The highest BCUT2D eigenvalue weighted by molar-refractivity contribution is 7.22. The van der Waals surface area contributed by atoms with Crippen molar-refractivity contribution in [3.63, 3.8) is 0 Å². The van der Waals surface area contributed by atoms with Gasteiger partial charge in [0.25, 0.3) is 0 Å². The second kappa shape index (κ2) is 14.0. The Balaban J connectivity index is 1.12. The van der Waals surface area contributed by atoms with Crippen LogP contribution in [-0.2, 0) is 0 Å². The highest BCUT2D eigenvalue weighted by Crippen LogP contribution is 2.42. The summed E-state index contributed by atoms with van der Waals surface area (Å²) in [6, 6.07) is 83.7.